The molecule has 0 radical (unpaired) electrons. The fourth-order valence-corrected chi connectivity index (χ4v) is 2.58. The third-order valence-corrected chi connectivity index (χ3v) is 3.61. The summed E-state index contributed by atoms with van der Waals surface area (Å²) >= 11 is 0. The minimum absolute atomic E-state index is 0.170. The molecule has 0 unspecified atom stereocenters. The van der Waals surface area contributed by atoms with E-state index in [0.29, 0.717) is 17.6 Å². The first-order chi connectivity index (χ1) is 10.7. The van der Waals surface area contributed by atoms with E-state index in [1.165, 1.54) is 6.07 Å². The summed E-state index contributed by atoms with van der Waals surface area (Å²) in [5.41, 5.74) is 1.64. The Morgan fingerprint density at radius 2 is 1.73 bits per heavy atom. The summed E-state index contributed by atoms with van der Waals surface area (Å²) < 4.78 is 0. The third-order valence-electron chi connectivity index (χ3n) is 3.61. The fraction of sp³-hybridized carbons (Fsp3) is 0.111. The maximum atomic E-state index is 12.9. The zero-order chi connectivity index (χ0) is 15.5. The highest BCUT2D eigenvalue weighted by atomic mass is 16.2. The summed E-state index contributed by atoms with van der Waals surface area (Å²) in [5.74, 6) is -0.170. The van der Waals surface area contributed by atoms with Crippen molar-refractivity contribution in [1.29, 1.82) is 0 Å². The van der Waals surface area contributed by atoms with Gasteiger partial charge in [0.2, 0.25) is 5.56 Å². The van der Waals surface area contributed by atoms with Crippen LogP contribution < -0.4 is 10.5 Å². The molecule has 22 heavy (non-hydrogen) atoms. The number of aromatic nitrogens is 1. The highest BCUT2D eigenvalue weighted by Gasteiger charge is 2.19. The Labute approximate surface area is 128 Å². The van der Waals surface area contributed by atoms with Crippen LogP contribution in [0, 0.1) is 0 Å². The van der Waals surface area contributed by atoms with E-state index in [2.05, 4.69) is 4.98 Å². The Kier molecular flexibility index (Phi) is 3.74. The molecule has 1 amide bonds. The van der Waals surface area contributed by atoms with Gasteiger partial charge in [0.25, 0.3) is 5.91 Å². The normalized spacial score (nSPS) is 10.6. The number of pyridine rings is 1. The first-order valence-corrected chi connectivity index (χ1v) is 7.19. The number of carbonyl (C=O) groups is 1. The number of carbonyl (C=O) groups excluding carboxylic acids is 1. The number of amides is 1. The molecular formula is C18H16N2O2. The Balaban J connectivity index is 2.14. The van der Waals surface area contributed by atoms with Crippen LogP contribution in [0.3, 0.4) is 0 Å². The van der Waals surface area contributed by atoms with E-state index in [-0.39, 0.29) is 11.5 Å². The Hall–Kier alpha value is -2.88. The molecule has 0 atom stereocenters. The monoisotopic (exact) mass is 292 g/mol. The summed E-state index contributed by atoms with van der Waals surface area (Å²) in [6.45, 7) is 2.45. The molecular weight excluding hydrogens is 276 g/mol. The first kappa shape index (κ1) is 14.1. The molecule has 0 aliphatic rings. The van der Waals surface area contributed by atoms with Gasteiger partial charge in [0, 0.05) is 29.2 Å². The average Bonchev–Trinajstić information content (AvgIpc) is 2.55. The number of anilines is 1. The third kappa shape index (κ3) is 2.51. The van der Waals surface area contributed by atoms with Gasteiger partial charge in [-0.1, -0.05) is 36.4 Å². The van der Waals surface area contributed by atoms with Crippen LogP contribution in [0.15, 0.2) is 65.5 Å². The van der Waals surface area contributed by atoms with Crippen LogP contribution in [0.2, 0.25) is 0 Å². The molecule has 1 heterocycles. The SMILES string of the molecule is CCN(C(=O)c1cc(=O)[nH]c2ccccc12)c1ccccc1. The number of aromatic amines is 1. The Morgan fingerprint density at radius 1 is 1.05 bits per heavy atom. The molecule has 0 saturated heterocycles. The molecule has 4 heteroatoms. The number of H-pyrrole nitrogens is 1. The second-order valence-electron chi connectivity index (χ2n) is 4.98. The quantitative estimate of drug-likeness (QED) is 0.806. The number of benzene rings is 2. The lowest BCUT2D eigenvalue weighted by molar-refractivity contribution is 0.0989. The van der Waals surface area contributed by atoms with Gasteiger partial charge in [-0.05, 0) is 25.1 Å². The van der Waals surface area contributed by atoms with Crippen molar-refractivity contribution in [1.82, 2.24) is 4.98 Å². The van der Waals surface area contributed by atoms with Gasteiger partial charge in [-0.2, -0.15) is 0 Å². The van der Waals surface area contributed by atoms with Gasteiger partial charge < -0.3 is 9.88 Å². The van der Waals surface area contributed by atoms with Crippen molar-refractivity contribution in [2.75, 3.05) is 11.4 Å². The second kappa shape index (κ2) is 5.85. The van der Waals surface area contributed by atoms with Crippen LogP contribution >= 0.6 is 0 Å². The molecule has 0 aliphatic heterocycles. The predicted molar refractivity (Wildman–Crippen MR) is 88.4 cm³/mol. The molecule has 4 nitrogen and oxygen atoms in total. The number of rotatable bonds is 3. The maximum absolute atomic E-state index is 12.9. The molecule has 0 bridgehead atoms. The van der Waals surface area contributed by atoms with Gasteiger partial charge in [-0.3, -0.25) is 9.59 Å². The van der Waals surface area contributed by atoms with Crippen molar-refractivity contribution >= 4 is 22.5 Å². The highest BCUT2D eigenvalue weighted by Crippen LogP contribution is 2.20. The lowest BCUT2D eigenvalue weighted by Gasteiger charge is -2.21. The summed E-state index contributed by atoms with van der Waals surface area (Å²) in [6.07, 6.45) is 0. The fourth-order valence-electron chi connectivity index (χ4n) is 2.58. The Bertz CT molecular complexity index is 869. The van der Waals surface area contributed by atoms with Crippen LogP contribution in [0.5, 0.6) is 0 Å². The summed E-state index contributed by atoms with van der Waals surface area (Å²) in [4.78, 5) is 29.2. The molecule has 1 N–H and O–H groups in total. The van der Waals surface area contributed by atoms with Crippen molar-refractivity contribution in [3.8, 4) is 0 Å². The van der Waals surface area contributed by atoms with Crippen LogP contribution in [0.4, 0.5) is 5.69 Å². The summed E-state index contributed by atoms with van der Waals surface area (Å²) in [5, 5.41) is 0.751. The molecule has 0 aliphatic carbocycles. The molecule has 110 valence electrons. The number of nitrogens with one attached hydrogen (secondary N) is 1. The number of nitrogens with zero attached hydrogens (tertiary/aromatic N) is 1. The summed E-state index contributed by atoms with van der Waals surface area (Å²) in [7, 11) is 0. The van der Waals surface area contributed by atoms with E-state index in [4.69, 9.17) is 0 Å². The van der Waals surface area contributed by atoms with Gasteiger partial charge in [0.05, 0.1) is 5.56 Å². The van der Waals surface area contributed by atoms with Crippen LogP contribution in [-0.4, -0.2) is 17.4 Å². The standard InChI is InChI=1S/C18H16N2O2/c1-2-20(13-8-4-3-5-9-13)18(22)15-12-17(21)19-16-11-7-6-10-14(15)16/h3-12H,2H2,1H3,(H,19,21). The largest absolute Gasteiger partial charge is 0.322 e. The van der Waals surface area contributed by atoms with Gasteiger partial charge in [-0.15, -0.1) is 0 Å². The summed E-state index contributed by atoms with van der Waals surface area (Å²) in [6, 6.07) is 18.2. The van der Waals surface area contributed by atoms with Crippen LogP contribution in [0.1, 0.15) is 17.3 Å². The van der Waals surface area contributed by atoms with E-state index in [1.54, 1.807) is 11.0 Å². The van der Waals surface area contributed by atoms with Crippen molar-refractivity contribution < 1.29 is 4.79 Å². The number of hydrogen-bond acceptors (Lipinski definition) is 2. The predicted octanol–water partition coefficient (Wildman–Crippen LogP) is 3.19. The zero-order valence-electron chi connectivity index (χ0n) is 12.2. The van der Waals surface area contributed by atoms with Crippen LogP contribution in [-0.2, 0) is 0 Å². The molecule has 0 fully saturated rings. The van der Waals surface area contributed by atoms with Crippen molar-refractivity contribution in [2.24, 2.45) is 0 Å². The van der Waals surface area contributed by atoms with Gasteiger partial charge in [0.15, 0.2) is 0 Å². The minimum atomic E-state index is -0.272. The van der Waals surface area contributed by atoms with Gasteiger partial charge in [0.1, 0.15) is 0 Å². The molecule has 2 aromatic carbocycles. The van der Waals surface area contributed by atoms with Crippen molar-refractivity contribution in [3.05, 3.63) is 76.6 Å². The molecule has 3 aromatic rings. The zero-order valence-corrected chi connectivity index (χ0v) is 12.2. The lowest BCUT2D eigenvalue weighted by atomic mass is 10.1. The number of hydrogen-bond donors (Lipinski definition) is 1. The number of para-hydroxylation sites is 2. The van der Waals surface area contributed by atoms with Gasteiger partial charge >= 0.3 is 0 Å². The van der Waals surface area contributed by atoms with Crippen molar-refractivity contribution in [3.63, 3.8) is 0 Å². The van der Waals surface area contributed by atoms with E-state index in [9.17, 15) is 9.59 Å². The molecule has 3 rings (SSSR count). The van der Waals surface area contributed by atoms with Crippen molar-refractivity contribution in [2.45, 2.75) is 6.92 Å². The van der Waals surface area contributed by atoms with E-state index in [0.717, 1.165) is 11.1 Å². The van der Waals surface area contributed by atoms with E-state index < -0.39 is 0 Å². The van der Waals surface area contributed by atoms with E-state index in [1.807, 2.05) is 55.5 Å². The van der Waals surface area contributed by atoms with E-state index >= 15 is 0 Å². The molecule has 0 spiro atoms. The smallest absolute Gasteiger partial charge is 0.259 e. The van der Waals surface area contributed by atoms with Gasteiger partial charge in [-0.25, -0.2) is 0 Å². The number of fused-ring (bicyclic) bond motifs is 1. The first-order valence-electron chi connectivity index (χ1n) is 7.19. The highest BCUT2D eigenvalue weighted by molar-refractivity contribution is 6.13. The Morgan fingerprint density at radius 3 is 2.45 bits per heavy atom. The van der Waals surface area contributed by atoms with Crippen LogP contribution in [0.25, 0.3) is 10.9 Å². The second-order valence-corrected chi connectivity index (χ2v) is 4.98. The topological polar surface area (TPSA) is 53.2 Å². The molecule has 0 saturated carbocycles. The minimum Gasteiger partial charge on any atom is -0.322 e. The average molecular weight is 292 g/mol. The maximum Gasteiger partial charge on any atom is 0.259 e. The molecule has 1 aromatic heterocycles. The lowest BCUT2D eigenvalue weighted by Crippen LogP contribution is -2.31.